The zero-order valence-electron chi connectivity index (χ0n) is 8.91. The molecule has 2 aromatic heterocycles. The lowest BCUT2D eigenvalue weighted by Gasteiger charge is -2.07. The van der Waals surface area contributed by atoms with Crippen LogP contribution in [0.3, 0.4) is 0 Å². The molecule has 0 radical (unpaired) electrons. The molecule has 2 N–H and O–H groups in total. The molecule has 0 spiro atoms. The first-order valence-electron chi connectivity index (χ1n) is 5.14. The molecule has 0 amide bonds. The molecular formula is C10H11F3N4. The summed E-state index contributed by atoms with van der Waals surface area (Å²) < 4.78 is 39.4. The van der Waals surface area contributed by atoms with Crippen molar-refractivity contribution < 1.29 is 13.2 Å². The topological polar surface area (TPSA) is 56.2 Å². The van der Waals surface area contributed by atoms with Gasteiger partial charge in [0.05, 0.1) is 0 Å². The third-order valence-corrected chi connectivity index (χ3v) is 2.42. The van der Waals surface area contributed by atoms with Crippen molar-refractivity contribution in [3.63, 3.8) is 0 Å². The minimum atomic E-state index is -4.42. The van der Waals surface area contributed by atoms with Gasteiger partial charge in [-0.15, -0.1) is 10.2 Å². The summed E-state index contributed by atoms with van der Waals surface area (Å²) in [5.41, 5.74) is 4.42. The van der Waals surface area contributed by atoms with Crippen molar-refractivity contribution in [2.45, 2.75) is 19.0 Å². The summed E-state index contributed by atoms with van der Waals surface area (Å²) in [5.74, 6) is 0.497. The number of hydrogen-bond donors (Lipinski definition) is 1. The van der Waals surface area contributed by atoms with Gasteiger partial charge in [-0.1, -0.05) is 0 Å². The van der Waals surface area contributed by atoms with Crippen LogP contribution < -0.4 is 5.73 Å². The lowest BCUT2D eigenvalue weighted by molar-refractivity contribution is -0.136. The minimum Gasteiger partial charge on any atom is -0.330 e. The number of fused-ring (bicyclic) bond motifs is 1. The molecule has 2 aromatic rings. The van der Waals surface area contributed by atoms with E-state index in [0.29, 0.717) is 25.2 Å². The number of halogens is 3. The van der Waals surface area contributed by atoms with E-state index in [1.807, 2.05) is 0 Å². The van der Waals surface area contributed by atoms with Gasteiger partial charge in [-0.05, 0) is 25.1 Å². The van der Waals surface area contributed by atoms with Gasteiger partial charge in [0.2, 0.25) is 0 Å². The van der Waals surface area contributed by atoms with E-state index in [0.717, 1.165) is 6.07 Å². The zero-order valence-corrected chi connectivity index (χ0v) is 8.91. The largest absolute Gasteiger partial charge is 0.420 e. The fraction of sp³-hybridized carbons (Fsp3) is 0.400. The minimum absolute atomic E-state index is 0.160. The highest BCUT2D eigenvalue weighted by Crippen LogP contribution is 2.31. The summed E-state index contributed by atoms with van der Waals surface area (Å²) in [6, 6.07) is 2.34. The Balaban J connectivity index is 2.49. The second kappa shape index (κ2) is 4.33. The van der Waals surface area contributed by atoms with Crippen LogP contribution in [0.4, 0.5) is 13.2 Å². The number of nitrogens with zero attached hydrogens (tertiary/aromatic N) is 3. The maximum Gasteiger partial charge on any atom is 0.420 e. The molecule has 0 fully saturated rings. The van der Waals surface area contributed by atoms with E-state index in [9.17, 15) is 13.2 Å². The molecule has 2 rings (SSSR count). The maximum absolute atomic E-state index is 12.7. The van der Waals surface area contributed by atoms with Crippen LogP contribution in [0.5, 0.6) is 0 Å². The molecule has 0 aliphatic rings. The van der Waals surface area contributed by atoms with Crippen LogP contribution in [0.1, 0.15) is 17.8 Å². The first-order chi connectivity index (χ1) is 8.04. The van der Waals surface area contributed by atoms with Crippen molar-refractivity contribution in [3.05, 3.63) is 29.7 Å². The average molecular weight is 244 g/mol. The van der Waals surface area contributed by atoms with E-state index in [4.69, 9.17) is 5.73 Å². The molecule has 17 heavy (non-hydrogen) atoms. The van der Waals surface area contributed by atoms with Crippen LogP contribution in [0, 0.1) is 0 Å². The molecule has 0 unspecified atom stereocenters. The molecule has 0 saturated carbocycles. The summed E-state index contributed by atoms with van der Waals surface area (Å²) in [6.07, 6.45) is -1.72. The fourth-order valence-electron chi connectivity index (χ4n) is 1.62. The van der Waals surface area contributed by atoms with Crippen LogP contribution in [0.25, 0.3) is 5.65 Å². The lowest BCUT2D eigenvalue weighted by Crippen LogP contribution is -2.08. The third kappa shape index (κ3) is 2.23. The van der Waals surface area contributed by atoms with Gasteiger partial charge in [0.1, 0.15) is 11.4 Å². The van der Waals surface area contributed by atoms with E-state index in [1.54, 1.807) is 0 Å². The fourth-order valence-corrected chi connectivity index (χ4v) is 1.62. The highest BCUT2D eigenvalue weighted by Gasteiger charge is 2.34. The second-order valence-electron chi connectivity index (χ2n) is 3.62. The van der Waals surface area contributed by atoms with Crippen molar-refractivity contribution in [1.29, 1.82) is 0 Å². The van der Waals surface area contributed by atoms with Gasteiger partial charge in [0.25, 0.3) is 0 Å². The smallest absolute Gasteiger partial charge is 0.330 e. The van der Waals surface area contributed by atoms with Gasteiger partial charge >= 0.3 is 6.18 Å². The predicted molar refractivity (Wildman–Crippen MR) is 55.4 cm³/mol. The number of rotatable bonds is 3. The quantitative estimate of drug-likeness (QED) is 0.892. The molecule has 2 heterocycles. The molecular weight excluding hydrogens is 233 g/mol. The molecule has 7 heteroatoms. The molecule has 4 nitrogen and oxygen atoms in total. The molecule has 0 aliphatic heterocycles. The van der Waals surface area contributed by atoms with Gasteiger partial charge in [0.15, 0.2) is 5.65 Å². The highest BCUT2D eigenvalue weighted by atomic mass is 19.4. The molecule has 0 bridgehead atoms. The third-order valence-electron chi connectivity index (χ3n) is 2.42. The number of aryl methyl sites for hydroxylation is 1. The van der Waals surface area contributed by atoms with Crippen molar-refractivity contribution in [3.8, 4) is 0 Å². The van der Waals surface area contributed by atoms with Crippen molar-refractivity contribution in [1.82, 2.24) is 14.6 Å². The Kier molecular flexibility index (Phi) is 3.01. The number of hydrogen-bond acceptors (Lipinski definition) is 3. The summed E-state index contributed by atoms with van der Waals surface area (Å²) in [6.45, 7) is 0.466. The standard InChI is InChI=1S/C10H11F3N4/c11-10(12,13)7-3-2-6-17-8(4-1-5-14)15-16-9(7)17/h2-3,6H,1,4-5,14H2. The normalized spacial score (nSPS) is 12.2. The Bertz CT molecular complexity index is 518. The summed E-state index contributed by atoms with van der Waals surface area (Å²) in [5, 5.41) is 7.35. The second-order valence-corrected chi connectivity index (χ2v) is 3.62. The first kappa shape index (κ1) is 11.8. The van der Waals surface area contributed by atoms with Crippen LogP contribution in [0.2, 0.25) is 0 Å². The highest BCUT2D eigenvalue weighted by molar-refractivity contribution is 5.49. The summed E-state index contributed by atoms with van der Waals surface area (Å²) in [7, 11) is 0. The van der Waals surface area contributed by atoms with E-state index >= 15 is 0 Å². The van der Waals surface area contributed by atoms with E-state index in [-0.39, 0.29) is 5.65 Å². The van der Waals surface area contributed by atoms with E-state index in [2.05, 4.69) is 10.2 Å². The van der Waals surface area contributed by atoms with Gasteiger partial charge in [-0.2, -0.15) is 13.2 Å². The lowest BCUT2D eigenvalue weighted by atomic mass is 10.2. The zero-order chi connectivity index (χ0) is 12.5. The molecule has 0 saturated heterocycles. The van der Waals surface area contributed by atoms with Crippen LogP contribution >= 0.6 is 0 Å². The van der Waals surface area contributed by atoms with E-state index in [1.165, 1.54) is 16.7 Å². The van der Waals surface area contributed by atoms with Crippen molar-refractivity contribution in [2.24, 2.45) is 5.73 Å². The molecule has 0 atom stereocenters. The average Bonchev–Trinajstić information content (AvgIpc) is 2.67. The van der Waals surface area contributed by atoms with Crippen LogP contribution in [0.15, 0.2) is 18.3 Å². The van der Waals surface area contributed by atoms with Gasteiger partial charge in [-0.25, -0.2) is 0 Å². The van der Waals surface area contributed by atoms with E-state index < -0.39 is 11.7 Å². The van der Waals surface area contributed by atoms with Crippen molar-refractivity contribution in [2.75, 3.05) is 6.54 Å². The summed E-state index contributed by atoms with van der Waals surface area (Å²) >= 11 is 0. The first-order valence-corrected chi connectivity index (χ1v) is 5.14. The molecule has 92 valence electrons. The Morgan fingerprint density at radius 1 is 1.29 bits per heavy atom. The van der Waals surface area contributed by atoms with Crippen molar-refractivity contribution >= 4 is 5.65 Å². The Morgan fingerprint density at radius 2 is 2.06 bits per heavy atom. The number of alkyl halides is 3. The van der Waals surface area contributed by atoms with Gasteiger partial charge < -0.3 is 5.73 Å². The Labute approximate surface area is 95.3 Å². The molecule has 0 aliphatic carbocycles. The number of nitrogens with two attached hydrogens (primary N) is 1. The summed E-state index contributed by atoms with van der Waals surface area (Å²) in [4.78, 5) is 0. The number of pyridine rings is 1. The number of aromatic nitrogens is 3. The Hall–Kier alpha value is -1.63. The van der Waals surface area contributed by atoms with Gasteiger partial charge in [0, 0.05) is 12.6 Å². The maximum atomic E-state index is 12.7. The Morgan fingerprint density at radius 3 is 2.71 bits per heavy atom. The predicted octanol–water partition coefficient (Wildman–Crippen LogP) is 1.64. The SMILES string of the molecule is NCCCc1nnc2c(C(F)(F)F)cccn12. The van der Waals surface area contributed by atoms with Gasteiger partial charge in [-0.3, -0.25) is 4.40 Å². The van der Waals surface area contributed by atoms with Crippen LogP contribution in [-0.4, -0.2) is 21.1 Å². The monoisotopic (exact) mass is 244 g/mol. The molecule has 0 aromatic carbocycles. The van der Waals surface area contributed by atoms with Crippen LogP contribution in [-0.2, 0) is 12.6 Å².